The van der Waals surface area contributed by atoms with Gasteiger partial charge in [-0.05, 0) is 127 Å². The minimum Gasteiger partial charge on any atom is -0.304 e. The Morgan fingerprint density at radius 1 is 0.639 bits per heavy atom. The maximum absolute atomic E-state index is 2.64. The van der Waals surface area contributed by atoms with Crippen molar-refractivity contribution in [3.05, 3.63) is 0 Å². The quantitative estimate of drug-likeness (QED) is 0.205. The van der Waals surface area contributed by atoms with Crippen molar-refractivity contribution in [1.82, 2.24) is 9.80 Å². The van der Waals surface area contributed by atoms with Crippen molar-refractivity contribution in [3.8, 4) is 0 Å². The maximum Gasteiger partial charge on any atom is 0.00639 e. The molecule has 2 aliphatic carbocycles. The molecule has 6 atom stereocenters. The van der Waals surface area contributed by atoms with Crippen LogP contribution in [0.1, 0.15) is 145 Å². The van der Waals surface area contributed by atoms with Crippen LogP contribution in [0.4, 0.5) is 0 Å². The lowest BCUT2D eigenvalue weighted by Crippen LogP contribution is -2.36. The summed E-state index contributed by atoms with van der Waals surface area (Å²) in [4.78, 5) is 5.28. The van der Waals surface area contributed by atoms with Gasteiger partial charge in [0.15, 0.2) is 0 Å². The molecule has 36 heavy (non-hydrogen) atoms. The number of rotatable bonds is 15. The highest BCUT2D eigenvalue weighted by atomic mass is 15.1. The molecule has 214 valence electrons. The molecule has 0 bridgehead atoms. The predicted octanol–water partition coefficient (Wildman–Crippen LogP) is 9.67. The number of unbranched alkanes of at least 4 members (excludes halogenated alkanes) is 3. The molecule has 0 saturated heterocycles. The molecule has 2 aliphatic rings. The van der Waals surface area contributed by atoms with Crippen LogP contribution in [0.5, 0.6) is 0 Å². The van der Waals surface area contributed by atoms with Crippen molar-refractivity contribution in [2.45, 2.75) is 157 Å². The third-order valence-electron chi connectivity index (χ3n) is 11.4. The Kier molecular flexibility index (Phi) is 13.3. The molecule has 0 N–H and O–H groups in total. The molecule has 0 aromatic carbocycles. The first-order chi connectivity index (χ1) is 16.8. The Hall–Kier alpha value is -0.0800. The van der Waals surface area contributed by atoms with E-state index in [1.165, 1.54) is 103 Å². The number of nitrogens with zero attached hydrogens (tertiary/aromatic N) is 2. The van der Waals surface area contributed by atoms with E-state index in [2.05, 4.69) is 79.3 Å². The largest absolute Gasteiger partial charge is 0.304 e. The summed E-state index contributed by atoms with van der Waals surface area (Å²) in [7, 11) is 4.73. The van der Waals surface area contributed by atoms with Crippen LogP contribution < -0.4 is 0 Å². The molecule has 0 aromatic rings. The average molecular weight is 505 g/mol. The third-order valence-corrected chi connectivity index (χ3v) is 11.4. The van der Waals surface area contributed by atoms with Crippen molar-refractivity contribution in [3.63, 3.8) is 0 Å². The molecule has 0 radical (unpaired) electrons. The number of hydrogen-bond donors (Lipinski definition) is 0. The highest BCUT2D eigenvalue weighted by molar-refractivity contribution is 4.88. The molecule has 0 heterocycles. The highest BCUT2D eigenvalue weighted by Crippen LogP contribution is 2.47. The summed E-state index contributed by atoms with van der Waals surface area (Å²) in [5.41, 5.74) is 1.09. The van der Waals surface area contributed by atoms with Gasteiger partial charge in [0.05, 0.1) is 0 Å². The Morgan fingerprint density at radius 2 is 1.00 bits per heavy atom. The van der Waals surface area contributed by atoms with Gasteiger partial charge in [0.25, 0.3) is 0 Å². The lowest BCUT2D eigenvalue weighted by molar-refractivity contribution is 0.0669. The molecular formula is C34H68N2. The SMILES string of the molecule is CC1CCCC(C)(C)C1CCC(C)N(C)CCCCCCN(C)C(C)CCC1C(C)CCCC1(C)C. The molecule has 6 unspecified atom stereocenters. The fourth-order valence-electron chi connectivity index (χ4n) is 8.22. The van der Waals surface area contributed by atoms with Crippen molar-refractivity contribution in [2.75, 3.05) is 27.2 Å². The van der Waals surface area contributed by atoms with E-state index >= 15 is 0 Å². The second kappa shape index (κ2) is 14.9. The van der Waals surface area contributed by atoms with Gasteiger partial charge in [-0.25, -0.2) is 0 Å². The highest BCUT2D eigenvalue weighted by Gasteiger charge is 2.37. The molecular weight excluding hydrogens is 436 g/mol. The lowest BCUT2D eigenvalue weighted by Gasteiger charge is -2.44. The lowest BCUT2D eigenvalue weighted by atomic mass is 9.62. The van der Waals surface area contributed by atoms with Crippen molar-refractivity contribution in [1.29, 1.82) is 0 Å². The van der Waals surface area contributed by atoms with Crippen LogP contribution >= 0.6 is 0 Å². The van der Waals surface area contributed by atoms with Gasteiger partial charge in [-0.15, -0.1) is 0 Å². The summed E-state index contributed by atoms with van der Waals surface area (Å²) in [6, 6.07) is 1.44. The Morgan fingerprint density at radius 3 is 1.33 bits per heavy atom. The summed E-state index contributed by atoms with van der Waals surface area (Å²) in [6.07, 6.45) is 19.7. The van der Waals surface area contributed by atoms with Gasteiger partial charge in [-0.3, -0.25) is 0 Å². The first-order valence-electron chi connectivity index (χ1n) is 16.3. The zero-order valence-electron chi connectivity index (χ0n) is 26.7. The summed E-state index contributed by atoms with van der Waals surface area (Å²) < 4.78 is 0. The molecule has 2 nitrogen and oxygen atoms in total. The summed E-state index contributed by atoms with van der Waals surface area (Å²) in [5.74, 6) is 3.66. The van der Waals surface area contributed by atoms with Gasteiger partial charge in [-0.2, -0.15) is 0 Å². The second-order valence-corrected chi connectivity index (χ2v) is 15.2. The van der Waals surface area contributed by atoms with Crippen molar-refractivity contribution >= 4 is 0 Å². The topological polar surface area (TPSA) is 6.48 Å². The van der Waals surface area contributed by atoms with Gasteiger partial charge in [0, 0.05) is 12.1 Å². The summed E-state index contributed by atoms with van der Waals surface area (Å²) >= 11 is 0. The zero-order chi connectivity index (χ0) is 26.9. The van der Waals surface area contributed by atoms with Crippen molar-refractivity contribution < 1.29 is 0 Å². The van der Waals surface area contributed by atoms with Gasteiger partial charge in [0.1, 0.15) is 0 Å². The molecule has 0 amide bonds. The minimum atomic E-state index is 0.547. The van der Waals surface area contributed by atoms with E-state index in [1.54, 1.807) is 0 Å². The molecule has 2 saturated carbocycles. The van der Waals surface area contributed by atoms with E-state index in [-0.39, 0.29) is 0 Å². The predicted molar refractivity (Wildman–Crippen MR) is 162 cm³/mol. The molecule has 2 rings (SSSR count). The van der Waals surface area contributed by atoms with E-state index in [0.29, 0.717) is 10.8 Å². The van der Waals surface area contributed by atoms with Gasteiger partial charge in [0.2, 0.25) is 0 Å². The molecule has 2 heteroatoms. The summed E-state index contributed by atoms with van der Waals surface area (Å²) in [6.45, 7) is 22.6. The van der Waals surface area contributed by atoms with Crippen LogP contribution in [-0.4, -0.2) is 49.1 Å². The molecule has 0 aliphatic heterocycles. The van der Waals surface area contributed by atoms with Gasteiger partial charge < -0.3 is 9.80 Å². The smallest absolute Gasteiger partial charge is 0.00639 e. The van der Waals surface area contributed by atoms with E-state index in [4.69, 9.17) is 0 Å². The fourth-order valence-corrected chi connectivity index (χ4v) is 8.22. The molecule has 0 aromatic heterocycles. The van der Waals surface area contributed by atoms with Gasteiger partial charge >= 0.3 is 0 Å². The maximum atomic E-state index is 2.64. The monoisotopic (exact) mass is 505 g/mol. The normalized spacial score (nSPS) is 30.0. The Bertz CT molecular complexity index is 544. The zero-order valence-corrected chi connectivity index (χ0v) is 26.7. The van der Waals surface area contributed by atoms with E-state index in [9.17, 15) is 0 Å². The third kappa shape index (κ3) is 9.91. The van der Waals surface area contributed by atoms with E-state index in [0.717, 1.165) is 35.8 Å². The second-order valence-electron chi connectivity index (χ2n) is 15.2. The molecule has 0 spiro atoms. The Balaban J connectivity index is 1.56. The van der Waals surface area contributed by atoms with E-state index < -0.39 is 0 Å². The van der Waals surface area contributed by atoms with Crippen molar-refractivity contribution in [2.24, 2.45) is 34.5 Å². The van der Waals surface area contributed by atoms with E-state index in [1.807, 2.05) is 0 Å². The molecule has 2 fully saturated rings. The van der Waals surface area contributed by atoms with Gasteiger partial charge in [-0.1, -0.05) is 80.1 Å². The standard InChI is InChI=1S/C34H68N2/c1-27-17-15-23-33(5,6)31(27)21-19-29(3)35(9)25-13-11-12-14-26-36(10)30(4)20-22-32-28(2)18-16-24-34(32,7)8/h27-32H,11-26H2,1-10H3. The summed E-state index contributed by atoms with van der Waals surface area (Å²) in [5, 5.41) is 0. The minimum absolute atomic E-state index is 0.547. The van der Waals surface area contributed by atoms with Crippen LogP contribution in [0.2, 0.25) is 0 Å². The first-order valence-corrected chi connectivity index (χ1v) is 16.3. The number of hydrogen-bond acceptors (Lipinski definition) is 2. The van der Waals surface area contributed by atoms with Crippen LogP contribution in [0.25, 0.3) is 0 Å². The van der Waals surface area contributed by atoms with Crippen LogP contribution in [0.15, 0.2) is 0 Å². The average Bonchev–Trinajstić information content (AvgIpc) is 2.79. The van der Waals surface area contributed by atoms with Crippen LogP contribution in [-0.2, 0) is 0 Å². The van der Waals surface area contributed by atoms with Crippen LogP contribution in [0.3, 0.4) is 0 Å². The first kappa shape index (κ1) is 32.1. The fraction of sp³-hybridized carbons (Fsp3) is 1.00. The van der Waals surface area contributed by atoms with Crippen LogP contribution in [0, 0.1) is 34.5 Å². The Labute approximate surface area is 228 Å².